The lowest BCUT2D eigenvalue weighted by Crippen LogP contribution is -2.42. The highest BCUT2D eigenvalue weighted by atomic mass is 16.6. The van der Waals surface area contributed by atoms with Crippen molar-refractivity contribution in [3.63, 3.8) is 0 Å². The first-order valence-corrected chi connectivity index (χ1v) is 8.96. The molecule has 1 aromatic carbocycles. The zero-order chi connectivity index (χ0) is 17.9. The number of nitrogens with zero attached hydrogens (tertiary/aromatic N) is 1. The van der Waals surface area contributed by atoms with Gasteiger partial charge in [0.1, 0.15) is 0 Å². The van der Waals surface area contributed by atoms with Crippen LogP contribution in [0.3, 0.4) is 0 Å². The minimum absolute atomic E-state index is 0.104. The SMILES string of the molecule is CCCCCC(=C=Cc1ccccc1)OC(=O)N(C(C)C)C(C)C. The van der Waals surface area contributed by atoms with Crippen molar-refractivity contribution in [1.82, 2.24) is 4.90 Å². The fourth-order valence-electron chi connectivity index (χ4n) is 2.58. The van der Waals surface area contributed by atoms with Crippen molar-refractivity contribution in [1.29, 1.82) is 0 Å². The van der Waals surface area contributed by atoms with Gasteiger partial charge in [0, 0.05) is 18.5 Å². The number of benzene rings is 1. The van der Waals surface area contributed by atoms with Crippen LogP contribution < -0.4 is 0 Å². The van der Waals surface area contributed by atoms with E-state index < -0.39 is 0 Å². The Morgan fingerprint density at radius 1 is 1.12 bits per heavy atom. The molecule has 3 heteroatoms. The predicted molar refractivity (Wildman–Crippen MR) is 101 cm³/mol. The first-order chi connectivity index (χ1) is 11.5. The number of amides is 1. The van der Waals surface area contributed by atoms with Crippen LogP contribution in [0.25, 0.3) is 6.08 Å². The van der Waals surface area contributed by atoms with Crippen molar-refractivity contribution >= 4 is 12.2 Å². The van der Waals surface area contributed by atoms with Crippen molar-refractivity contribution in [3.05, 3.63) is 47.4 Å². The maximum atomic E-state index is 12.5. The quantitative estimate of drug-likeness (QED) is 0.331. The summed E-state index contributed by atoms with van der Waals surface area (Å²) < 4.78 is 5.66. The third kappa shape index (κ3) is 7.06. The molecule has 0 radical (unpaired) electrons. The monoisotopic (exact) mass is 329 g/mol. The van der Waals surface area contributed by atoms with Gasteiger partial charge in [0.15, 0.2) is 5.76 Å². The average molecular weight is 329 g/mol. The summed E-state index contributed by atoms with van der Waals surface area (Å²) in [5.41, 5.74) is 4.23. The molecule has 0 N–H and O–H groups in total. The van der Waals surface area contributed by atoms with Crippen LogP contribution in [0, 0.1) is 0 Å². The highest BCUT2D eigenvalue weighted by molar-refractivity contribution is 5.69. The van der Waals surface area contributed by atoms with E-state index in [2.05, 4.69) is 12.7 Å². The molecule has 0 saturated carbocycles. The fourth-order valence-corrected chi connectivity index (χ4v) is 2.58. The van der Waals surface area contributed by atoms with Gasteiger partial charge < -0.3 is 9.64 Å². The number of carbonyl (C=O) groups is 1. The molecular formula is C21H31NO2. The number of unbranched alkanes of at least 4 members (excludes halogenated alkanes) is 2. The third-order valence-electron chi connectivity index (χ3n) is 3.74. The Morgan fingerprint density at radius 3 is 2.29 bits per heavy atom. The van der Waals surface area contributed by atoms with Crippen molar-refractivity contribution < 1.29 is 9.53 Å². The minimum Gasteiger partial charge on any atom is -0.406 e. The second kappa shape index (κ2) is 10.7. The largest absolute Gasteiger partial charge is 0.415 e. The zero-order valence-corrected chi connectivity index (χ0v) is 15.7. The van der Waals surface area contributed by atoms with Crippen LogP contribution in [0.15, 0.2) is 41.8 Å². The Morgan fingerprint density at radius 2 is 1.75 bits per heavy atom. The minimum atomic E-state index is -0.291. The summed E-state index contributed by atoms with van der Waals surface area (Å²) in [5.74, 6) is 0.614. The summed E-state index contributed by atoms with van der Waals surface area (Å²) >= 11 is 0. The Labute approximate surface area is 147 Å². The molecule has 0 bridgehead atoms. The smallest absolute Gasteiger partial charge is 0.406 e. The summed E-state index contributed by atoms with van der Waals surface area (Å²) in [6, 6.07) is 10.2. The number of hydrogen-bond donors (Lipinski definition) is 0. The number of carbonyl (C=O) groups excluding carboxylic acids is 1. The van der Waals surface area contributed by atoms with E-state index in [4.69, 9.17) is 4.74 Å². The Kier molecular flexibility index (Phi) is 8.96. The summed E-state index contributed by atoms with van der Waals surface area (Å²) in [6.07, 6.45) is 5.56. The van der Waals surface area contributed by atoms with Gasteiger partial charge in [-0.25, -0.2) is 4.79 Å². The summed E-state index contributed by atoms with van der Waals surface area (Å²) in [4.78, 5) is 14.3. The van der Waals surface area contributed by atoms with Crippen LogP contribution in [0.2, 0.25) is 0 Å². The van der Waals surface area contributed by atoms with Crippen LogP contribution in [-0.4, -0.2) is 23.1 Å². The van der Waals surface area contributed by atoms with E-state index in [0.717, 1.165) is 31.2 Å². The maximum absolute atomic E-state index is 12.5. The first-order valence-electron chi connectivity index (χ1n) is 8.96. The van der Waals surface area contributed by atoms with Gasteiger partial charge in [0.25, 0.3) is 0 Å². The van der Waals surface area contributed by atoms with E-state index in [9.17, 15) is 4.79 Å². The van der Waals surface area contributed by atoms with Crippen molar-refractivity contribution in [3.8, 4) is 0 Å². The van der Waals surface area contributed by atoms with Crippen molar-refractivity contribution in [2.24, 2.45) is 0 Å². The molecule has 24 heavy (non-hydrogen) atoms. The molecule has 0 spiro atoms. The third-order valence-corrected chi connectivity index (χ3v) is 3.74. The summed E-state index contributed by atoms with van der Waals surface area (Å²) in [7, 11) is 0. The molecule has 0 saturated heterocycles. The summed E-state index contributed by atoms with van der Waals surface area (Å²) in [6.45, 7) is 10.2. The van der Waals surface area contributed by atoms with Crippen molar-refractivity contribution in [2.75, 3.05) is 0 Å². The van der Waals surface area contributed by atoms with Crippen LogP contribution in [0.5, 0.6) is 0 Å². The van der Waals surface area contributed by atoms with Crippen LogP contribution in [0.4, 0.5) is 4.79 Å². The second-order valence-electron chi connectivity index (χ2n) is 6.54. The lowest BCUT2D eigenvalue weighted by atomic mass is 10.1. The summed E-state index contributed by atoms with van der Waals surface area (Å²) in [5, 5.41) is 0. The van der Waals surface area contributed by atoms with E-state index in [1.54, 1.807) is 4.90 Å². The maximum Gasteiger partial charge on any atom is 0.415 e. The van der Waals surface area contributed by atoms with E-state index >= 15 is 0 Å². The number of hydrogen-bond acceptors (Lipinski definition) is 2. The van der Waals surface area contributed by atoms with Gasteiger partial charge in [-0.1, -0.05) is 55.8 Å². The molecular weight excluding hydrogens is 298 g/mol. The predicted octanol–water partition coefficient (Wildman–Crippen LogP) is 6.02. The Bertz CT molecular complexity index is 546. The normalized spacial score (nSPS) is 10.5. The number of ether oxygens (including phenoxy) is 1. The van der Waals surface area contributed by atoms with Gasteiger partial charge in [0.2, 0.25) is 0 Å². The second-order valence-corrected chi connectivity index (χ2v) is 6.54. The molecule has 1 aromatic rings. The van der Waals surface area contributed by atoms with Crippen molar-refractivity contribution in [2.45, 2.75) is 72.4 Å². The van der Waals surface area contributed by atoms with Gasteiger partial charge in [0.05, 0.1) is 0 Å². The van der Waals surface area contributed by atoms with Crippen LogP contribution in [-0.2, 0) is 4.74 Å². The van der Waals surface area contributed by atoms with Crippen LogP contribution >= 0.6 is 0 Å². The molecule has 0 atom stereocenters. The molecule has 3 nitrogen and oxygen atoms in total. The molecule has 0 heterocycles. The molecule has 0 fully saturated rings. The van der Waals surface area contributed by atoms with Gasteiger partial charge >= 0.3 is 6.09 Å². The van der Waals surface area contributed by atoms with E-state index in [-0.39, 0.29) is 18.2 Å². The Hall–Kier alpha value is -1.99. The number of rotatable bonds is 8. The molecule has 0 unspecified atom stereocenters. The fraction of sp³-hybridized carbons (Fsp3) is 0.524. The van der Waals surface area contributed by atoms with Gasteiger partial charge in [-0.05, 0) is 45.8 Å². The topological polar surface area (TPSA) is 29.5 Å². The molecule has 132 valence electrons. The van der Waals surface area contributed by atoms with Gasteiger partial charge in [-0.3, -0.25) is 0 Å². The van der Waals surface area contributed by atoms with Gasteiger partial charge in [-0.15, -0.1) is 0 Å². The van der Waals surface area contributed by atoms with E-state index in [0.29, 0.717) is 5.76 Å². The molecule has 1 amide bonds. The molecule has 0 aliphatic carbocycles. The van der Waals surface area contributed by atoms with Gasteiger partial charge in [-0.2, -0.15) is 0 Å². The highest BCUT2D eigenvalue weighted by Gasteiger charge is 2.22. The first kappa shape index (κ1) is 20.1. The highest BCUT2D eigenvalue weighted by Crippen LogP contribution is 2.15. The molecule has 0 aromatic heterocycles. The van der Waals surface area contributed by atoms with E-state index in [1.807, 2.05) is 64.1 Å². The Balaban J connectivity index is 2.93. The standard InChI is InChI=1S/C21H31NO2/c1-6-7-9-14-20(16-15-19-12-10-8-11-13-19)24-21(23)22(17(2)3)18(4)5/h8,10-13,15,17-18H,6-7,9,14H2,1-5H3. The zero-order valence-electron chi connectivity index (χ0n) is 15.7. The molecule has 0 aliphatic rings. The lowest BCUT2D eigenvalue weighted by molar-refractivity contribution is 0.0992. The lowest BCUT2D eigenvalue weighted by Gasteiger charge is -2.29. The van der Waals surface area contributed by atoms with Crippen LogP contribution in [0.1, 0.15) is 65.9 Å². The number of allylic oxidation sites excluding steroid dienone is 1. The molecule has 1 rings (SSSR count). The molecule has 0 aliphatic heterocycles. The van der Waals surface area contributed by atoms with E-state index in [1.165, 1.54) is 0 Å². The average Bonchev–Trinajstić information content (AvgIpc) is 2.52.